The van der Waals surface area contributed by atoms with Crippen molar-refractivity contribution in [3.05, 3.63) is 86.4 Å². The van der Waals surface area contributed by atoms with Crippen LogP contribution < -0.4 is 19.5 Å². The van der Waals surface area contributed by atoms with Crippen LogP contribution in [0.3, 0.4) is 0 Å². The molecule has 2 aromatic carbocycles. The minimum Gasteiger partial charge on any atom is -0.481 e. The predicted octanol–water partition coefficient (Wildman–Crippen LogP) is 7.87. The monoisotopic (exact) mass is 758 g/mol. The summed E-state index contributed by atoms with van der Waals surface area (Å²) in [4.78, 5) is 34.8. The zero-order valence-electron chi connectivity index (χ0n) is 30.2. The van der Waals surface area contributed by atoms with Gasteiger partial charge < -0.3 is 24.6 Å². The number of aryl methyl sites for hydroxylation is 1. The molecule has 2 fully saturated rings. The van der Waals surface area contributed by atoms with Crippen LogP contribution in [-0.4, -0.2) is 65.6 Å². The van der Waals surface area contributed by atoms with E-state index in [9.17, 15) is 14.7 Å². The zero-order valence-corrected chi connectivity index (χ0v) is 31.7. The van der Waals surface area contributed by atoms with Crippen LogP contribution in [0, 0.1) is 18.8 Å². The second-order valence-electron chi connectivity index (χ2n) is 14.3. The van der Waals surface area contributed by atoms with Crippen LogP contribution in [0.15, 0.2) is 48.5 Å². The Balaban J connectivity index is 1.10. The normalized spacial score (nSPS) is 19.8. The fraction of sp³-hybridized carbons (Fsp3) is 0.415. The van der Waals surface area contributed by atoms with E-state index >= 15 is 0 Å². The number of pyridine rings is 2. The Bertz CT molecular complexity index is 2040. The molecule has 0 radical (unpaired) electrons. The summed E-state index contributed by atoms with van der Waals surface area (Å²) >= 11 is 14.0. The third-order valence-corrected chi connectivity index (χ3v) is 11.5. The Hall–Kier alpha value is -4.22. The summed E-state index contributed by atoms with van der Waals surface area (Å²) in [6.07, 6.45) is 4.14. The van der Waals surface area contributed by atoms with Crippen molar-refractivity contribution in [1.82, 2.24) is 20.2 Å². The van der Waals surface area contributed by atoms with Gasteiger partial charge in [0.15, 0.2) is 0 Å². The van der Waals surface area contributed by atoms with Crippen molar-refractivity contribution >= 4 is 35.0 Å². The van der Waals surface area contributed by atoms with Crippen molar-refractivity contribution in [2.75, 3.05) is 33.9 Å². The minimum atomic E-state index is -0.771. The molecule has 53 heavy (non-hydrogen) atoms. The maximum Gasteiger partial charge on any atom is 0.307 e. The second-order valence-corrected chi connectivity index (χ2v) is 15.1. The summed E-state index contributed by atoms with van der Waals surface area (Å²) in [5.41, 5.74) is 8.51. The molecule has 0 unspecified atom stereocenters. The van der Waals surface area contributed by atoms with E-state index in [1.165, 1.54) is 0 Å². The number of ketones is 1. The number of carboxylic acids is 1. The van der Waals surface area contributed by atoms with Gasteiger partial charge in [-0.15, -0.1) is 0 Å². The molecule has 4 aromatic rings. The van der Waals surface area contributed by atoms with Gasteiger partial charge in [-0.3, -0.25) is 14.5 Å². The van der Waals surface area contributed by atoms with Gasteiger partial charge in [-0.05, 0) is 86.0 Å². The first-order chi connectivity index (χ1) is 25.6. The summed E-state index contributed by atoms with van der Waals surface area (Å²) in [5.74, 6) is 0.846. The number of ether oxygens (including phenoxy) is 3. The third-order valence-electron chi connectivity index (χ3n) is 10.8. The van der Waals surface area contributed by atoms with Crippen molar-refractivity contribution in [2.24, 2.45) is 11.8 Å². The number of nitrogens with zero attached hydrogens (tertiary/aromatic N) is 3. The first-order valence-electron chi connectivity index (χ1n) is 18.2. The summed E-state index contributed by atoms with van der Waals surface area (Å²) in [7, 11) is 3.19. The minimum absolute atomic E-state index is 0.272. The van der Waals surface area contributed by atoms with E-state index < -0.39 is 5.97 Å². The first-order valence-corrected chi connectivity index (χ1v) is 18.9. The molecule has 0 spiro atoms. The Kier molecular flexibility index (Phi) is 11.2. The van der Waals surface area contributed by atoms with E-state index in [2.05, 4.69) is 40.3 Å². The maximum atomic E-state index is 11.7. The number of hydrogen-bond donors (Lipinski definition) is 2. The van der Waals surface area contributed by atoms with Crippen LogP contribution in [0.25, 0.3) is 22.4 Å². The first kappa shape index (κ1) is 37.1. The number of nitrogens with one attached hydrogen (secondary N) is 1. The number of aromatic nitrogens is 2. The van der Waals surface area contributed by atoms with E-state index in [4.69, 9.17) is 42.4 Å². The molecule has 2 aromatic heterocycles. The van der Waals surface area contributed by atoms with Gasteiger partial charge in [0, 0.05) is 54.7 Å². The number of rotatable bonds is 13. The molecule has 2 N–H and O–H groups in total. The maximum absolute atomic E-state index is 11.7. The predicted molar refractivity (Wildman–Crippen MR) is 204 cm³/mol. The number of likely N-dealkylation sites (tertiary alicyclic amines) is 1. The number of fused-ring (bicyclic) bond motifs is 1. The van der Waals surface area contributed by atoms with Gasteiger partial charge in [-0.25, -0.2) is 4.98 Å². The van der Waals surface area contributed by atoms with Gasteiger partial charge in [0.25, 0.3) is 0 Å². The van der Waals surface area contributed by atoms with Crippen molar-refractivity contribution in [2.45, 2.75) is 64.6 Å². The average Bonchev–Trinajstić information content (AvgIpc) is 3.90. The molecule has 3 atom stereocenters. The van der Waals surface area contributed by atoms with Crippen molar-refractivity contribution in [3.8, 4) is 40.0 Å². The van der Waals surface area contributed by atoms with E-state index in [-0.39, 0.29) is 12.0 Å². The van der Waals surface area contributed by atoms with Crippen LogP contribution in [0.4, 0.5) is 0 Å². The van der Waals surface area contributed by atoms with Gasteiger partial charge in [0.2, 0.25) is 17.6 Å². The molecule has 1 saturated heterocycles. The molecule has 1 saturated carbocycles. The number of hydrogen-bond acceptors (Lipinski definition) is 9. The molecule has 2 aliphatic carbocycles. The number of carbonyl (C=O) groups is 2. The van der Waals surface area contributed by atoms with E-state index in [1.54, 1.807) is 14.2 Å². The Labute approximate surface area is 319 Å². The fourth-order valence-corrected chi connectivity index (χ4v) is 8.55. The molecule has 0 bridgehead atoms. The van der Waals surface area contributed by atoms with Crippen LogP contribution >= 0.6 is 23.2 Å². The lowest BCUT2D eigenvalue weighted by molar-refractivity contribution is -0.141. The van der Waals surface area contributed by atoms with Gasteiger partial charge in [0.1, 0.15) is 16.9 Å². The Morgan fingerprint density at radius 1 is 0.962 bits per heavy atom. The summed E-state index contributed by atoms with van der Waals surface area (Å²) in [5, 5.41) is 13.9. The lowest BCUT2D eigenvalue weighted by Crippen LogP contribution is -2.23. The number of benzene rings is 2. The lowest BCUT2D eigenvalue weighted by Gasteiger charge is -2.20. The summed E-state index contributed by atoms with van der Waals surface area (Å²) in [6.45, 7) is 5.10. The number of carbonyl (C=O) groups excluding carboxylic acids is 1. The Morgan fingerprint density at radius 3 is 2.47 bits per heavy atom. The molecular weight excluding hydrogens is 715 g/mol. The van der Waals surface area contributed by atoms with Gasteiger partial charge >= 0.3 is 5.97 Å². The number of carboxylic acid groups (broad SMARTS) is 1. The third kappa shape index (κ3) is 7.87. The number of methoxy groups -OCH3 is 2. The lowest BCUT2D eigenvalue weighted by atomic mass is 9.94. The highest BCUT2D eigenvalue weighted by Gasteiger charge is 2.31. The molecule has 1 aliphatic heterocycles. The molecule has 0 amide bonds. The highest BCUT2D eigenvalue weighted by molar-refractivity contribution is 6.36. The summed E-state index contributed by atoms with van der Waals surface area (Å²) < 4.78 is 17.9. The highest BCUT2D eigenvalue weighted by atomic mass is 35.5. The molecule has 12 heteroatoms. The molecule has 3 heterocycles. The molecule has 7 rings (SSSR count). The van der Waals surface area contributed by atoms with Crippen molar-refractivity contribution in [3.63, 3.8) is 0 Å². The summed E-state index contributed by atoms with van der Waals surface area (Å²) in [6, 6.07) is 16.1. The zero-order chi connectivity index (χ0) is 37.2. The Morgan fingerprint density at radius 2 is 1.74 bits per heavy atom. The van der Waals surface area contributed by atoms with E-state index in [0.29, 0.717) is 84.8 Å². The van der Waals surface area contributed by atoms with Crippen LogP contribution in [0.5, 0.6) is 17.6 Å². The number of aliphatic carboxylic acids is 1. The van der Waals surface area contributed by atoms with E-state index in [0.717, 1.165) is 76.0 Å². The topological polar surface area (TPSA) is 123 Å². The van der Waals surface area contributed by atoms with E-state index in [1.807, 2.05) is 30.3 Å². The molecular formula is C41H44Cl2N4O6. The highest BCUT2D eigenvalue weighted by Crippen LogP contribution is 2.45. The largest absolute Gasteiger partial charge is 0.481 e. The quantitative estimate of drug-likeness (QED) is 0.139. The standard InChI is InChI=1S/C41H44Cl2N4O6/c1-23-16-35(45-39(52-3)33(23)20-44-19-24-10-11-27(48)17-24)32-9-5-8-31(37(32)43)28-6-4-7-30-29(28)12-13-36(30)53-40-34(42)18-26(38(46-40)51-2)22-47-15-14-25(21-47)41(49)50/h4-9,16,18,24-25,36,44H,10-15,17,19-22H2,1-3H3,(H,49,50)/t24-,25+,36+/m1/s1. The van der Waals surface area contributed by atoms with Crippen molar-refractivity contribution < 1.29 is 28.9 Å². The van der Waals surface area contributed by atoms with Crippen LogP contribution in [0.2, 0.25) is 10.0 Å². The van der Waals surface area contributed by atoms with Gasteiger partial charge in [-0.1, -0.05) is 59.6 Å². The average molecular weight is 760 g/mol. The van der Waals surface area contributed by atoms with Crippen LogP contribution in [-0.2, 0) is 29.1 Å². The molecule has 10 nitrogen and oxygen atoms in total. The number of Topliss-reactive ketones (excluding diaryl/α,β-unsaturated/α-hetero) is 1. The molecule has 278 valence electrons. The van der Waals surface area contributed by atoms with Gasteiger partial charge in [-0.2, -0.15) is 4.98 Å². The number of halogens is 2. The molecule has 3 aliphatic rings. The second kappa shape index (κ2) is 16.0. The smallest absolute Gasteiger partial charge is 0.307 e. The van der Waals surface area contributed by atoms with Gasteiger partial charge in [0.05, 0.1) is 30.9 Å². The van der Waals surface area contributed by atoms with Crippen LogP contribution in [0.1, 0.15) is 66.0 Å². The SMILES string of the molecule is COc1nc(O[C@H]2CCc3c(-c4cccc(-c5cc(C)c(CNC[C@@H]6CCC(=O)C6)c(OC)n5)c4Cl)cccc32)c(Cl)cc1CN1CC[C@H](C(=O)O)C1. The fourth-order valence-electron chi connectivity index (χ4n) is 8.01. The van der Waals surface area contributed by atoms with Crippen molar-refractivity contribution in [1.29, 1.82) is 0 Å².